The molecule has 1 heterocycles. The molecule has 0 bridgehead atoms. The average molecular weight is 188 g/mol. The van der Waals surface area contributed by atoms with Gasteiger partial charge in [0, 0.05) is 11.4 Å². The molecule has 1 aromatic heterocycles. The smallest absolute Gasteiger partial charge is 0.0992 e. The molecule has 0 amide bonds. The molecule has 0 unspecified atom stereocenters. The predicted molar refractivity (Wildman–Crippen MR) is 57.1 cm³/mol. The van der Waals surface area contributed by atoms with E-state index in [0.717, 1.165) is 11.4 Å². The Hall–Kier alpha value is -1.36. The molecule has 0 aliphatic carbocycles. The highest BCUT2D eigenvalue weighted by Gasteiger charge is 2.08. The van der Waals surface area contributed by atoms with Gasteiger partial charge in [0.15, 0.2) is 0 Å². The summed E-state index contributed by atoms with van der Waals surface area (Å²) in [5.41, 5.74) is 2.73. The Balaban J connectivity index is 3.22. The zero-order valence-corrected chi connectivity index (χ0v) is 9.20. The average Bonchev–Trinajstić information content (AvgIpc) is 2.16. The van der Waals surface area contributed by atoms with Crippen molar-refractivity contribution in [3.63, 3.8) is 0 Å². The van der Waals surface area contributed by atoms with Crippen molar-refractivity contribution in [2.24, 2.45) is 0 Å². The van der Waals surface area contributed by atoms with E-state index in [1.54, 1.807) is 0 Å². The lowest BCUT2D eigenvalue weighted by atomic mass is 10.0. The Morgan fingerprint density at radius 2 is 1.50 bits per heavy atom. The third-order valence-corrected chi connectivity index (χ3v) is 2.18. The molecule has 14 heavy (non-hydrogen) atoms. The maximum Gasteiger partial charge on any atom is 0.0992 e. The van der Waals surface area contributed by atoms with Crippen LogP contribution < -0.4 is 0 Å². The highest BCUT2D eigenvalue weighted by Crippen LogP contribution is 2.19. The topological polar surface area (TPSA) is 36.7 Å². The molecule has 0 spiro atoms. The van der Waals surface area contributed by atoms with E-state index in [1.165, 1.54) is 0 Å². The van der Waals surface area contributed by atoms with Gasteiger partial charge in [0.25, 0.3) is 0 Å². The minimum absolute atomic E-state index is 0.376. The second-order valence-corrected chi connectivity index (χ2v) is 4.13. The highest BCUT2D eigenvalue weighted by atomic mass is 14.7. The molecule has 74 valence electrons. The van der Waals surface area contributed by atoms with Crippen LogP contribution in [0, 0.1) is 11.3 Å². The van der Waals surface area contributed by atoms with Crippen LogP contribution in [0.2, 0.25) is 0 Å². The van der Waals surface area contributed by atoms with Gasteiger partial charge in [-0.1, -0.05) is 27.7 Å². The van der Waals surface area contributed by atoms with Crippen molar-refractivity contribution in [3.05, 3.63) is 29.1 Å². The van der Waals surface area contributed by atoms with Crippen LogP contribution in [0.1, 0.15) is 56.5 Å². The Labute approximate surface area is 85.6 Å². The summed E-state index contributed by atoms with van der Waals surface area (Å²) in [5, 5.41) is 8.87. The van der Waals surface area contributed by atoms with Crippen LogP contribution in [-0.2, 0) is 0 Å². The molecular weight excluding hydrogens is 172 g/mol. The molecule has 0 N–H and O–H groups in total. The van der Waals surface area contributed by atoms with Crippen LogP contribution in [-0.4, -0.2) is 4.98 Å². The molecule has 0 aliphatic heterocycles. The van der Waals surface area contributed by atoms with Gasteiger partial charge in [-0.15, -0.1) is 0 Å². The van der Waals surface area contributed by atoms with Gasteiger partial charge in [-0.25, -0.2) is 0 Å². The SMILES string of the molecule is CC(C)c1cc(C#N)cc(C(C)C)n1. The van der Waals surface area contributed by atoms with Gasteiger partial charge in [0.2, 0.25) is 0 Å². The van der Waals surface area contributed by atoms with Crippen molar-refractivity contribution in [1.29, 1.82) is 5.26 Å². The normalized spacial score (nSPS) is 10.6. The van der Waals surface area contributed by atoms with Crippen molar-refractivity contribution < 1.29 is 0 Å². The van der Waals surface area contributed by atoms with E-state index in [-0.39, 0.29) is 0 Å². The predicted octanol–water partition coefficient (Wildman–Crippen LogP) is 3.20. The molecule has 0 radical (unpaired) electrons. The zero-order chi connectivity index (χ0) is 10.7. The first kappa shape index (κ1) is 10.7. The summed E-state index contributed by atoms with van der Waals surface area (Å²) in [7, 11) is 0. The molecule has 0 aliphatic rings. The molecule has 0 fully saturated rings. The lowest BCUT2D eigenvalue weighted by Crippen LogP contribution is -2.00. The number of hydrogen-bond donors (Lipinski definition) is 0. The first-order valence-electron chi connectivity index (χ1n) is 4.96. The molecule has 2 heteroatoms. The summed E-state index contributed by atoms with van der Waals surface area (Å²) in [6, 6.07) is 5.92. The van der Waals surface area contributed by atoms with Crippen molar-refractivity contribution in [1.82, 2.24) is 4.98 Å². The molecule has 1 rings (SSSR count). The fraction of sp³-hybridized carbons (Fsp3) is 0.500. The lowest BCUT2D eigenvalue weighted by Gasteiger charge is -2.10. The van der Waals surface area contributed by atoms with E-state index >= 15 is 0 Å². The van der Waals surface area contributed by atoms with Gasteiger partial charge in [-0.3, -0.25) is 4.98 Å². The first-order chi connectivity index (χ1) is 6.54. The van der Waals surface area contributed by atoms with Crippen LogP contribution >= 0.6 is 0 Å². The van der Waals surface area contributed by atoms with Gasteiger partial charge >= 0.3 is 0 Å². The van der Waals surface area contributed by atoms with Crippen LogP contribution in [0.15, 0.2) is 12.1 Å². The monoisotopic (exact) mass is 188 g/mol. The van der Waals surface area contributed by atoms with E-state index in [9.17, 15) is 0 Å². The maximum atomic E-state index is 8.87. The molecule has 2 nitrogen and oxygen atoms in total. The Morgan fingerprint density at radius 3 is 1.79 bits per heavy atom. The van der Waals surface area contributed by atoms with E-state index < -0.39 is 0 Å². The number of nitriles is 1. The summed E-state index contributed by atoms with van der Waals surface area (Å²) >= 11 is 0. The summed E-state index contributed by atoms with van der Waals surface area (Å²) in [6.07, 6.45) is 0. The molecule has 1 aromatic rings. The minimum Gasteiger partial charge on any atom is -0.257 e. The van der Waals surface area contributed by atoms with Gasteiger partial charge in [-0.2, -0.15) is 5.26 Å². The van der Waals surface area contributed by atoms with Gasteiger partial charge in [0.05, 0.1) is 11.6 Å². The molecular formula is C12H16N2. The molecule has 0 atom stereocenters. The number of pyridine rings is 1. The third-order valence-electron chi connectivity index (χ3n) is 2.18. The fourth-order valence-corrected chi connectivity index (χ4v) is 1.23. The lowest BCUT2D eigenvalue weighted by molar-refractivity contribution is 0.764. The number of nitrogens with zero attached hydrogens (tertiary/aromatic N) is 2. The van der Waals surface area contributed by atoms with Gasteiger partial charge < -0.3 is 0 Å². The van der Waals surface area contributed by atoms with Crippen LogP contribution in [0.25, 0.3) is 0 Å². The summed E-state index contributed by atoms with van der Waals surface area (Å²) < 4.78 is 0. The number of aromatic nitrogens is 1. The van der Waals surface area contributed by atoms with Gasteiger partial charge in [-0.05, 0) is 24.0 Å². The third kappa shape index (κ3) is 2.32. The quantitative estimate of drug-likeness (QED) is 0.714. The maximum absolute atomic E-state index is 8.87. The summed E-state index contributed by atoms with van der Waals surface area (Å²) in [6.45, 7) is 8.36. The van der Waals surface area contributed by atoms with Crippen molar-refractivity contribution in [2.75, 3.05) is 0 Å². The molecule has 0 saturated carbocycles. The zero-order valence-electron chi connectivity index (χ0n) is 9.20. The van der Waals surface area contributed by atoms with E-state index in [0.29, 0.717) is 17.4 Å². The summed E-state index contributed by atoms with van der Waals surface area (Å²) in [4.78, 5) is 4.53. The largest absolute Gasteiger partial charge is 0.257 e. The van der Waals surface area contributed by atoms with Crippen LogP contribution in [0.3, 0.4) is 0 Å². The first-order valence-corrected chi connectivity index (χ1v) is 4.96. The Morgan fingerprint density at radius 1 is 1.07 bits per heavy atom. The molecule has 0 aromatic carbocycles. The number of rotatable bonds is 2. The minimum atomic E-state index is 0.376. The van der Waals surface area contributed by atoms with Gasteiger partial charge in [0.1, 0.15) is 0 Å². The standard InChI is InChI=1S/C12H16N2/c1-8(2)11-5-10(7-13)6-12(14-11)9(3)4/h5-6,8-9H,1-4H3. The Kier molecular flexibility index (Phi) is 3.24. The Bertz CT molecular complexity index is 333. The second-order valence-electron chi connectivity index (χ2n) is 4.13. The highest BCUT2D eigenvalue weighted by molar-refractivity contribution is 5.33. The fourth-order valence-electron chi connectivity index (χ4n) is 1.23. The van der Waals surface area contributed by atoms with E-state index in [4.69, 9.17) is 5.26 Å². The summed E-state index contributed by atoms with van der Waals surface area (Å²) in [5.74, 6) is 0.751. The van der Waals surface area contributed by atoms with Crippen LogP contribution in [0.4, 0.5) is 0 Å². The van der Waals surface area contributed by atoms with Crippen LogP contribution in [0.5, 0.6) is 0 Å². The van der Waals surface area contributed by atoms with Crippen molar-refractivity contribution in [2.45, 2.75) is 39.5 Å². The molecule has 0 saturated heterocycles. The van der Waals surface area contributed by atoms with Crippen molar-refractivity contribution in [3.8, 4) is 6.07 Å². The van der Waals surface area contributed by atoms with E-state index in [2.05, 4.69) is 38.7 Å². The number of hydrogen-bond acceptors (Lipinski definition) is 2. The second kappa shape index (κ2) is 4.23. The van der Waals surface area contributed by atoms with Crippen molar-refractivity contribution >= 4 is 0 Å². The van der Waals surface area contributed by atoms with E-state index in [1.807, 2.05) is 12.1 Å².